The SMILES string of the molecule is CC(=O)O[C@@H]1[C@@H](O)[C@H](C)O[C@@H](O[C@H]2[C@@H]3C=CO[C@@H](O[C@@H]4O[C@H](CO)[C@@H](O)[C@H](O)[C@H]4O)[C@@H]3[C@@]3(CO)O[C@@H]23)[C@@H]1OC(=O)/C=C/c1ccc(O)cc1. The fourth-order valence-electron chi connectivity index (χ4n) is 6.93. The van der Waals surface area contributed by atoms with Gasteiger partial charge in [-0.1, -0.05) is 12.1 Å². The molecule has 1 aromatic carbocycles. The van der Waals surface area contributed by atoms with Crippen LogP contribution in [0.3, 0.4) is 0 Å². The number of phenolic OH excluding ortho intramolecular Hbond substituents is 1. The van der Waals surface area contributed by atoms with Crippen LogP contribution >= 0.6 is 0 Å². The second-order valence-electron chi connectivity index (χ2n) is 12.6. The normalized spacial score (nSPS) is 44.1. The highest BCUT2D eigenvalue weighted by atomic mass is 16.8. The Kier molecular flexibility index (Phi) is 10.3. The summed E-state index contributed by atoms with van der Waals surface area (Å²) in [5, 5.41) is 71.5. The van der Waals surface area contributed by atoms with Gasteiger partial charge >= 0.3 is 11.9 Å². The maximum absolute atomic E-state index is 13.0. The van der Waals surface area contributed by atoms with Crippen LogP contribution in [-0.4, -0.2) is 146 Å². The summed E-state index contributed by atoms with van der Waals surface area (Å²) in [4.78, 5) is 25.1. The van der Waals surface area contributed by atoms with Crippen LogP contribution in [0.25, 0.3) is 6.08 Å². The number of fused-ring (bicyclic) bond motifs is 3. The number of ether oxygens (including phenoxy) is 8. The second-order valence-corrected chi connectivity index (χ2v) is 12.6. The first-order chi connectivity index (χ1) is 23.4. The van der Waals surface area contributed by atoms with Crippen molar-refractivity contribution in [3.05, 3.63) is 48.2 Å². The van der Waals surface area contributed by atoms with Crippen molar-refractivity contribution in [1.82, 2.24) is 0 Å². The molecule has 3 saturated heterocycles. The van der Waals surface area contributed by atoms with Gasteiger partial charge in [-0.25, -0.2) is 4.79 Å². The molecule has 0 radical (unpaired) electrons. The quantitative estimate of drug-likeness (QED) is 0.0779. The molecule has 1 aromatic rings. The summed E-state index contributed by atoms with van der Waals surface area (Å²) in [5.74, 6) is -3.02. The lowest BCUT2D eigenvalue weighted by molar-refractivity contribution is -0.347. The average molecular weight is 697 g/mol. The monoisotopic (exact) mass is 696 g/mol. The van der Waals surface area contributed by atoms with Gasteiger partial charge in [0.2, 0.25) is 6.29 Å². The van der Waals surface area contributed by atoms with Crippen molar-refractivity contribution >= 4 is 18.0 Å². The van der Waals surface area contributed by atoms with E-state index in [1.165, 1.54) is 31.4 Å². The third-order valence-corrected chi connectivity index (χ3v) is 9.51. The molecule has 17 heteroatoms. The highest BCUT2D eigenvalue weighted by molar-refractivity contribution is 5.87. The third-order valence-electron chi connectivity index (χ3n) is 9.51. The van der Waals surface area contributed by atoms with Crippen LogP contribution in [0.2, 0.25) is 0 Å². The molecular formula is C32H40O17. The van der Waals surface area contributed by atoms with Gasteiger partial charge in [-0.3, -0.25) is 4.79 Å². The van der Waals surface area contributed by atoms with Gasteiger partial charge in [-0.2, -0.15) is 0 Å². The summed E-state index contributed by atoms with van der Waals surface area (Å²) in [6, 6.07) is 6.00. The maximum atomic E-state index is 13.0. The molecule has 5 aliphatic rings. The van der Waals surface area contributed by atoms with Crippen LogP contribution in [0, 0.1) is 11.8 Å². The molecule has 4 heterocycles. The number of aromatic hydroxyl groups is 1. The molecule has 1 aliphatic carbocycles. The van der Waals surface area contributed by atoms with Crippen molar-refractivity contribution in [1.29, 1.82) is 0 Å². The fourth-order valence-corrected chi connectivity index (χ4v) is 6.93. The molecule has 4 fully saturated rings. The van der Waals surface area contributed by atoms with Crippen LogP contribution in [0.4, 0.5) is 0 Å². The van der Waals surface area contributed by atoms with E-state index in [0.717, 1.165) is 13.0 Å². The minimum absolute atomic E-state index is 0.0385. The van der Waals surface area contributed by atoms with Crippen molar-refractivity contribution in [2.75, 3.05) is 13.2 Å². The van der Waals surface area contributed by atoms with Gasteiger partial charge in [0.25, 0.3) is 0 Å². The highest BCUT2D eigenvalue weighted by Crippen LogP contribution is 2.61. The Labute approximate surface area is 279 Å². The predicted octanol–water partition coefficient (Wildman–Crippen LogP) is -2.20. The number of phenols is 1. The van der Waals surface area contributed by atoms with Gasteiger partial charge < -0.3 is 73.6 Å². The van der Waals surface area contributed by atoms with Gasteiger partial charge in [-0.05, 0) is 36.8 Å². The molecule has 0 unspecified atom stereocenters. The molecule has 0 amide bonds. The average Bonchev–Trinajstić information content (AvgIpc) is 3.75. The summed E-state index contributed by atoms with van der Waals surface area (Å²) < 4.78 is 46.5. The number of carbonyl (C=O) groups excluding carboxylic acids is 2. The Hall–Kier alpha value is -3.20. The van der Waals surface area contributed by atoms with Crippen LogP contribution in [-0.2, 0) is 47.5 Å². The number of hydrogen-bond acceptors (Lipinski definition) is 17. The lowest BCUT2D eigenvalue weighted by atomic mass is 9.85. The van der Waals surface area contributed by atoms with E-state index < -0.39 is 122 Å². The van der Waals surface area contributed by atoms with Crippen molar-refractivity contribution in [2.45, 2.75) is 99.4 Å². The molecular weight excluding hydrogens is 656 g/mol. The van der Waals surface area contributed by atoms with Crippen LogP contribution in [0.1, 0.15) is 19.4 Å². The van der Waals surface area contributed by atoms with Gasteiger partial charge in [0.05, 0.1) is 37.6 Å². The predicted molar refractivity (Wildman–Crippen MR) is 158 cm³/mol. The van der Waals surface area contributed by atoms with Gasteiger partial charge in [0, 0.05) is 18.9 Å². The minimum Gasteiger partial charge on any atom is -0.508 e. The third kappa shape index (κ3) is 6.81. The first-order valence-corrected chi connectivity index (χ1v) is 15.8. The van der Waals surface area contributed by atoms with E-state index in [9.17, 15) is 45.3 Å². The molecule has 1 saturated carbocycles. The first kappa shape index (κ1) is 35.6. The highest BCUT2D eigenvalue weighted by Gasteiger charge is 2.77. The molecule has 6 rings (SSSR count). The van der Waals surface area contributed by atoms with Crippen molar-refractivity contribution in [3.63, 3.8) is 0 Å². The molecule has 0 spiro atoms. The zero-order valence-corrected chi connectivity index (χ0v) is 26.4. The number of hydrogen-bond donors (Lipinski definition) is 7. The van der Waals surface area contributed by atoms with E-state index in [4.69, 9.17) is 37.9 Å². The van der Waals surface area contributed by atoms with E-state index in [2.05, 4.69) is 0 Å². The smallest absolute Gasteiger partial charge is 0.331 e. The van der Waals surface area contributed by atoms with Crippen LogP contribution < -0.4 is 0 Å². The van der Waals surface area contributed by atoms with Gasteiger partial charge in [0.1, 0.15) is 48.0 Å². The first-order valence-electron chi connectivity index (χ1n) is 15.8. The largest absolute Gasteiger partial charge is 0.508 e. The van der Waals surface area contributed by atoms with E-state index in [-0.39, 0.29) is 5.75 Å². The lowest BCUT2D eigenvalue weighted by Gasteiger charge is -2.44. The number of aliphatic hydroxyl groups is 6. The van der Waals surface area contributed by atoms with E-state index in [1.54, 1.807) is 18.2 Å². The number of epoxide rings is 1. The summed E-state index contributed by atoms with van der Waals surface area (Å²) in [6.07, 6.45) is -11.9. The number of carbonyl (C=O) groups is 2. The molecule has 270 valence electrons. The summed E-state index contributed by atoms with van der Waals surface area (Å²) in [7, 11) is 0. The molecule has 4 aliphatic heterocycles. The van der Waals surface area contributed by atoms with Gasteiger partial charge in [0.15, 0.2) is 24.8 Å². The van der Waals surface area contributed by atoms with Crippen LogP contribution in [0.5, 0.6) is 5.75 Å². The molecule has 49 heavy (non-hydrogen) atoms. The summed E-state index contributed by atoms with van der Waals surface area (Å²) in [6.45, 7) is 1.46. The molecule has 16 atom stereocenters. The summed E-state index contributed by atoms with van der Waals surface area (Å²) in [5.41, 5.74) is -0.699. The Balaban J connectivity index is 1.23. The van der Waals surface area contributed by atoms with E-state index >= 15 is 0 Å². The Morgan fingerprint density at radius 2 is 1.61 bits per heavy atom. The standard InChI is InChI=1S/C32H40O17/c1-13-21(38)26(44-14(2)35)27(46-19(37)8-5-15-3-6-16(36)7-4-15)31(43-13)47-25-17-9-10-42-29(20(17)32(12-34)28(25)49-32)48-30-24(41)23(40)22(39)18(11-33)45-30/h3-10,13,17-18,20-31,33-34,36,38-41H,11-12H2,1-2H3/b8-5+/t13-,17+,18+,20+,21-,22+,23-,24+,25-,26+,27+,28-,29-,30-,31-,32+/m0/s1. The number of rotatable bonds is 10. The minimum atomic E-state index is -1.72. The Bertz CT molecular complexity index is 1400. The van der Waals surface area contributed by atoms with Crippen LogP contribution in [0.15, 0.2) is 42.7 Å². The second kappa shape index (κ2) is 14.2. The maximum Gasteiger partial charge on any atom is 0.331 e. The molecule has 17 nitrogen and oxygen atoms in total. The van der Waals surface area contributed by atoms with E-state index in [1.807, 2.05) is 0 Å². The summed E-state index contributed by atoms with van der Waals surface area (Å²) >= 11 is 0. The fraction of sp³-hybridized carbons (Fsp3) is 0.625. The topological polar surface area (TPSA) is 253 Å². The van der Waals surface area contributed by atoms with Crippen molar-refractivity contribution < 1.29 is 83.2 Å². The van der Waals surface area contributed by atoms with Gasteiger partial charge in [-0.15, -0.1) is 0 Å². The number of esters is 2. The number of aliphatic hydroxyl groups excluding tert-OH is 6. The Morgan fingerprint density at radius 3 is 2.29 bits per heavy atom. The van der Waals surface area contributed by atoms with Crippen molar-refractivity contribution in [2.24, 2.45) is 11.8 Å². The molecule has 7 N–H and O–H groups in total. The van der Waals surface area contributed by atoms with E-state index in [0.29, 0.717) is 5.56 Å². The Morgan fingerprint density at radius 1 is 0.878 bits per heavy atom. The molecule has 0 bridgehead atoms. The number of benzene rings is 1. The molecule has 0 aromatic heterocycles. The van der Waals surface area contributed by atoms with Crippen molar-refractivity contribution in [3.8, 4) is 5.75 Å². The lowest BCUT2D eigenvalue weighted by Crippen LogP contribution is -2.61. The zero-order valence-electron chi connectivity index (χ0n) is 26.4. The zero-order chi connectivity index (χ0) is 35.2.